The van der Waals surface area contributed by atoms with Crippen LogP contribution in [0.5, 0.6) is 0 Å². The van der Waals surface area contributed by atoms with Gasteiger partial charge in [0.05, 0.1) is 6.54 Å². The fraction of sp³-hybridized carbons (Fsp3) is 0.769. The molecule has 90 valence electrons. The van der Waals surface area contributed by atoms with E-state index in [9.17, 15) is 0 Å². The van der Waals surface area contributed by atoms with Crippen molar-refractivity contribution >= 4 is 0 Å². The molecule has 0 amide bonds. The van der Waals surface area contributed by atoms with Gasteiger partial charge in [-0.3, -0.25) is 0 Å². The molecule has 1 aliphatic rings. The fourth-order valence-electron chi connectivity index (χ4n) is 2.45. The van der Waals surface area contributed by atoms with Gasteiger partial charge in [0.1, 0.15) is 18.9 Å². The van der Waals surface area contributed by atoms with Crippen molar-refractivity contribution < 1.29 is 4.57 Å². The molecular formula is C13H24N3+. The van der Waals surface area contributed by atoms with E-state index in [0.717, 1.165) is 13.1 Å². The zero-order valence-corrected chi connectivity index (χ0v) is 10.6. The summed E-state index contributed by atoms with van der Waals surface area (Å²) in [5.74, 6) is 1.39. The molecular weight excluding hydrogens is 198 g/mol. The maximum Gasteiger partial charge on any atom is 0.253 e. The standard InChI is InChI=1S/C13H24N3/c1-3-4-8-15-9-10-16(12(15)2)11-13-6-5-7-14-13/h9-10,13-14H,3-8,11H2,1-2H3/q+1. The van der Waals surface area contributed by atoms with Gasteiger partial charge in [0, 0.05) is 13.0 Å². The van der Waals surface area contributed by atoms with Crippen LogP contribution in [0.25, 0.3) is 0 Å². The zero-order chi connectivity index (χ0) is 11.4. The predicted molar refractivity (Wildman–Crippen MR) is 65.3 cm³/mol. The number of nitrogens with one attached hydrogen (secondary N) is 1. The second kappa shape index (κ2) is 5.48. The van der Waals surface area contributed by atoms with E-state index in [1.54, 1.807) is 0 Å². The number of hydrogen-bond acceptors (Lipinski definition) is 1. The number of aromatic nitrogens is 2. The Kier molecular flexibility index (Phi) is 3.99. The van der Waals surface area contributed by atoms with E-state index >= 15 is 0 Å². The van der Waals surface area contributed by atoms with E-state index < -0.39 is 0 Å². The molecule has 0 radical (unpaired) electrons. The zero-order valence-electron chi connectivity index (χ0n) is 10.6. The molecule has 1 aromatic rings. The molecule has 3 heteroatoms. The Balaban J connectivity index is 1.95. The molecule has 3 nitrogen and oxygen atoms in total. The molecule has 1 aromatic heterocycles. The monoisotopic (exact) mass is 222 g/mol. The number of nitrogens with zero attached hydrogens (tertiary/aromatic N) is 2. The molecule has 2 rings (SSSR count). The number of aryl methyl sites for hydroxylation is 1. The molecule has 1 fully saturated rings. The Labute approximate surface area is 98.5 Å². The smallest absolute Gasteiger partial charge is 0.253 e. The first-order valence-corrected chi connectivity index (χ1v) is 6.60. The third-order valence-corrected chi connectivity index (χ3v) is 3.59. The van der Waals surface area contributed by atoms with E-state index in [0.29, 0.717) is 6.04 Å². The molecule has 2 heterocycles. The summed E-state index contributed by atoms with van der Waals surface area (Å²) >= 11 is 0. The lowest BCUT2D eigenvalue weighted by Gasteiger charge is -2.07. The molecule has 1 saturated heterocycles. The third-order valence-electron chi connectivity index (χ3n) is 3.59. The highest BCUT2D eigenvalue weighted by atomic mass is 15.2. The fourth-order valence-corrected chi connectivity index (χ4v) is 2.45. The largest absolute Gasteiger partial charge is 0.310 e. The lowest BCUT2D eigenvalue weighted by atomic mass is 10.2. The maximum atomic E-state index is 3.55. The summed E-state index contributed by atoms with van der Waals surface area (Å²) in [6.07, 6.45) is 9.65. The van der Waals surface area contributed by atoms with Crippen LogP contribution in [0.1, 0.15) is 38.4 Å². The van der Waals surface area contributed by atoms with Crippen LogP contribution in [0.15, 0.2) is 12.4 Å². The van der Waals surface area contributed by atoms with Gasteiger partial charge < -0.3 is 5.32 Å². The van der Waals surface area contributed by atoms with Gasteiger partial charge in [0.25, 0.3) is 5.82 Å². The minimum Gasteiger partial charge on any atom is -0.310 e. The van der Waals surface area contributed by atoms with E-state index in [1.165, 1.54) is 38.1 Å². The Bertz CT molecular complexity index is 324. The molecule has 1 aliphatic heterocycles. The summed E-state index contributed by atoms with van der Waals surface area (Å²) in [6, 6.07) is 0.686. The molecule has 0 aliphatic carbocycles. The van der Waals surface area contributed by atoms with Crippen LogP contribution in [0, 0.1) is 6.92 Å². The van der Waals surface area contributed by atoms with Crippen molar-refractivity contribution in [2.24, 2.45) is 0 Å². The average molecular weight is 222 g/mol. The Morgan fingerprint density at radius 3 is 3.12 bits per heavy atom. The van der Waals surface area contributed by atoms with Crippen LogP contribution in [0.4, 0.5) is 0 Å². The summed E-state index contributed by atoms with van der Waals surface area (Å²) in [5, 5.41) is 3.55. The molecule has 0 saturated carbocycles. The SMILES string of the molecule is CCCCn1cc[n+](CC2CCCN2)c1C. The summed E-state index contributed by atoms with van der Waals surface area (Å²) in [5.41, 5.74) is 0. The van der Waals surface area contributed by atoms with Crippen LogP contribution in [-0.4, -0.2) is 17.2 Å². The molecule has 1 atom stereocenters. The first kappa shape index (κ1) is 11.6. The number of rotatable bonds is 5. The van der Waals surface area contributed by atoms with Gasteiger partial charge in [-0.1, -0.05) is 13.3 Å². The van der Waals surface area contributed by atoms with Gasteiger partial charge in [-0.25, -0.2) is 9.13 Å². The van der Waals surface area contributed by atoms with Crippen LogP contribution >= 0.6 is 0 Å². The maximum absolute atomic E-state index is 3.55. The van der Waals surface area contributed by atoms with Gasteiger partial charge >= 0.3 is 0 Å². The van der Waals surface area contributed by atoms with Gasteiger partial charge in [-0.15, -0.1) is 0 Å². The molecule has 0 aromatic carbocycles. The summed E-state index contributed by atoms with van der Waals surface area (Å²) in [4.78, 5) is 0. The van der Waals surface area contributed by atoms with Crippen molar-refractivity contribution in [2.45, 2.75) is 58.7 Å². The average Bonchev–Trinajstić information content (AvgIpc) is 2.89. The van der Waals surface area contributed by atoms with Crippen LogP contribution in [-0.2, 0) is 13.1 Å². The second-order valence-electron chi connectivity index (χ2n) is 4.84. The Morgan fingerprint density at radius 1 is 1.56 bits per heavy atom. The molecule has 1 N–H and O–H groups in total. The Hall–Kier alpha value is -0.830. The number of unbranched alkanes of at least 4 members (excludes halogenated alkanes) is 1. The first-order valence-electron chi connectivity index (χ1n) is 6.60. The minimum atomic E-state index is 0.686. The summed E-state index contributed by atoms with van der Waals surface area (Å²) in [6.45, 7) is 7.96. The highest BCUT2D eigenvalue weighted by molar-refractivity contribution is 4.80. The van der Waals surface area contributed by atoms with Crippen molar-refractivity contribution in [2.75, 3.05) is 6.54 Å². The lowest BCUT2D eigenvalue weighted by molar-refractivity contribution is -0.704. The topological polar surface area (TPSA) is 20.8 Å². The Morgan fingerprint density at radius 2 is 2.44 bits per heavy atom. The highest BCUT2D eigenvalue weighted by Gasteiger charge is 2.19. The van der Waals surface area contributed by atoms with Crippen molar-refractivity contribution in [3.63, 3.8) is 0 Å². The minimum absolute atomic E-state index is 0.686. The lowest BCUT2D eigenvalue weighted by Crippen LogP contribution is -2.44. The van der Waals surface area contributed by atoms with Crippen LogP contribution in [0.3, 0.4) is 0 Å². The van der Waals surface area contributed by atoms with E-state index in [4.69, 9.17) is 0 Å². The summed E-state index contributed by atoms with van der Waals surface area (Å²) < 4.78 is 4.76. The molecule has 1 unspecified atom stereocenters. The number of imidazole rings is 1. The van der Waals surface area contributed by atoms with E-state index in [1.807, 2.05) is 0 Å². The quantitative estimate of drug-likeness (QED) is 0.751. The van der Waals surface area contributed by atoms with Gasteiger partial charge in [-0.2, -0.15) is 0 Å². The second-order valence-corrected chi connectivity index (χ2v) is 4.84. The summed E-state index contributed by atoms with van der Waals surface area (Å²) in [7, 11) is 0. The van der Waals surface area contributed by atoms with Gasteiger partial charge in [0.2, 0.25) is 0 Å². The highest BCUT2D eigenvalue weighted by Crippen LogP contribution is 2.06. The van der Waals surface area contributed by atoms with E-state index in [2.05, 4.69) is 40.7 Å². The van der Waals surface area contributed by atoms with Crippen molar-refractivity contribution in [3.05, 3.63) is 18.2 Å². The van der Waals surface area contributed by atoms with Crippen LogP contribution in [0.2, 0.25) is 0 Å². The molecule has 0 spiro atoms. The van der Waals surface area contributed by atoms with Crippen LogP contribution < -0.4 is 9.88 Å². The number of hydrogen-bond donors (Lipinski definition) is 1. The van der Waals surface area contributed by atoms with Crippen molar-refractivity contribution in [1.29, 1.82) is 0 Å². The van der Waals surface area contributed by atoms with E-state index in [-0.39, 0.29) is 0 Å². The first-order chi connectivity index (χ1) is 7.81. The predicted octanol–water partition coefficient (Wildman–Crippen LogP) is 1.64. The van der Waals surface area contributed by atoms with Crippen molar-refractivity contribution in [1.82, 2.24) is 9.88 Å². The van der Waals surface area contributed by atoms with Gasteiger partial charge in [0.15, 0.2) is 0 Å². The third kappa shape index (κ3) is 2.64. The normalized spacial score (nSPS) is 20.5. The van der Waals surface area contributed by atoms with Gasteiger partial charge in [-0.05, 0) is 25.8 Å². The van der Waals surface area contributed by atoms with Crippen molar-refractivity contribution in [3.8, 4) is 0 Å². The molecule has 0 bridgehead atoms. The molecule has 16 heavy (non-hydrogen) atoms.